The number of amides is 2. The zero-order valence-corrected chi connectivity index (χ0v) is 19.5. The molecule has 0 bridgehead atoms. The number of rotatable bonds is 6. The van der Waals surface area contributed by atoms with Gasteiger partial charge in [0.1, 0.15) is 5.75 Å². The number of carbonyl (C=O) groups excluding carboxylic acids is 2. The van der Waals surface area contributed by atoms with Gasteiger partial charge in [-0.3, -0.25) is 9.59 Å². The SMILES string of the molecule is CCC(=O)N1CCN(c2ccc(Cl)cc2NC(=O)C(C)(C)Oc2ccc(Cl)cc2)CC1. The molecule has 0 saturated carbocycles. The van der Waals surface area contributed by atoms with Crippen molar-refractivity contribution >= 4 is 46.4 Å². The molecule has 1 fully saturated rings. The van der Waals surface area contributed by atoms with E-state index in [9.17, 15) is 9.59 Å². The van der Waals surface area contributed by atoms with Crippen molar-refractivity contribution in [2.24, 2.45) is 0 Å². The lowest BCUT2D eigenvalue weighted by Crippen LogP contribution is -2.49. The number of ether oxygens (including phenoxy) is 1. The molecule has 1 aliphatic heterocycles. The summed E-state index contributed by atoms with van der Waals surface area (Å²) in [5, 5.41) is 4.09. The average molecular weight is 464 g/mol. The van der Waals surface area contributed by atoms with E-state index < -0.39 is 5.60 Å². The first-order chi connectivity index (χ1) is 14.7. The maximum Gasteiger partial charge on any atom is 0.268 e. The van der Waals surface area contributed by atoms with Gasteiger partial charge in [0.2, 0.25) is 5.91 Å². The highest BCUT2D eigenvalue weighted by atomic mass is 35.5. The number of hydrogen-bond acceptors (Lipinski definition) is 4. The van der Waals surface area contributed by atoms with Crippen LogP contribution in [0.25, 0.3) is 0 Å². The molecule has 3 rings (SSSR count). The van der Waals surface area contributed by atoms with E-state index in [0.29, 0.717) is 54.1 Å². The number of nitrogens with zero attached hydrogens (tertiary/aromatic N) is 2. The highest BCUT2D eigenvalue weighted by molar-refractivity contribution is 6.31. The van der Waals surface area contributed by atoms with Crippen LogP contribution in [0.3, 0.4) is 0 Å². The molecule has 1 aliphatic rings. The topological polar surface area (TPSA) is 61.9 Å². The van der Waals surface area contributed by atoms with Crippen LogP contribution < -0.4 is 15.0 Å². The Morgan fingerprint density at radius 2 is 1.61 bits per heavy atom. The summed E-state index contributed by atoms with van der Waals surface area (Å²) in [7, 11) is 0. The Hall–Kier alpha value is -2.44. The Labute approximate surface area is 193 Å². The van der Waals surface area contributed by atoms with E-state index in [1.807, 2.05) is 17.9 Å². The number of anilines is 2. The minimum atomic E-state index is -1.13. The highest BCUT2D eigenvalue weighted by Crippen LogP contribution is 2.31. The maximum absolute atomic E-state index is 13.1. The number of piperazine rings is 1. The first kappa shape index (κ1) is 23.2. The first-order valence-electron chi connectivity index (χ1n) is 10.3. The van der Waals surface area contributed by atoms with Gasteiger partial charge in [0.05, 0.1) is 11.4 Å². The Balaban J connectivity index is 1.73. The zero-order valence-electron chi connectivity index (χ0n) is 18.0. The van der Waals surface area contributed by atoms with E-state index in [-0.39, 0.29) is 11.8 Å². The number of nitrogens with one attached hydrogen (secondary N) is 1. The number of carbonyl (C=O) groups is 2. The normalized spacial score (nSPS) is 14.4. The number of hydrogen-bond donors (Lipinski definition) is 1. The van der Waals surface area contributed by atoms with E-state index in [0.717, 1.165) is 5.69 Å². The fourth-order valence-corrected chi connectivity index (χ4v) is 3.72. The Bertz CT molecular complexity index is 940. The van der Waals surface area contributed by atoms with Crippen molar-refractivity contribution in [2.75, 3.05) is 36.4 Å². The Morgan fingerprint density at radius 3 is 2.23 bits per heavy atom. The lowest BCUT2D eigenvalue weighted by molar-refractivity contribution is -0.131. The molecule has 8 heteroatoms. The molecule has 0 aromatic heterocycles. The molecule has 0 atom stereocenters. The van der Waals surface area contributed by atoms with E-state index in [1.54, 1.807) is 50.2 Å². The molecule has 1 N–H and O–H groups in total. The third-order valence-corrected chi connectivity index (χ3v) is 5.70. The number of halogens is 2. The second-order valence-electron chi connectivity index (χ2n) is 7.90. The van der Waals surface area contributed by atoms with Crippen LogP contribution in [-0.2, 0) is 9.59 Å². The minimum Gasteiger partial charge on any atom is -0.478 e. The highest BCUT2D eigenvalue weighted by Gasteiger charge is 2.31. The van der Waals surface area contributed by atoms with Gasteiger partial charge < -0.3 is 19.9 Å². The molecule has 166 valence electrons. The van der Waals surface area contributed by atoms with Crippen LogP contribution in [0.5, 0.6) is 5.75 Å². The summed E-state index contributed by atoms with van der Waals surface area (Å²) in [6, 6.07) is 12.3. The number of benzene rings is 2. The van der Waals surface area contributed by atoms with Crippen molar-refractivity contribution in [3.8, 4) is 5.75 Å². The lowest BCUT2D eigenvalue weighted by atomic mass is 10.1. The van der Waals surface area contributed by atoms with Crippen molar-refractivity contribution in [3.05, 3.63) is 52.5 Å². The lowest BCUT2D eigenvalue weighted by Gasteiger charge is -2.37. The van der Waals surface area contributed by atoms with Crippen molar-refractivity contribution in [3.63, 3.8) is 0 Å². The second kappa shape index (κ2) is 9.79. The van der Waals surface area contributed by atoms with E-state index in [1.165, 1.54) is 0 Å². The van der Waals surface area contributed by atoms with Crippen LogP contribution in [0.2, 0.25) is 10.0 Å². The first-order valence-corrected chi connectivity index (χ1v) is 11.0. The molecular formula is C23H27Cl2N3O3. The van der Waals surface area contributed by atoms with Crippen LogP contribution in [0.15, 0.2) is 42.5 Å². The molecule has 2 aromatic carbocycles. The summed E-state index contributed by atoms with van der Waals surface area (Å²) in [5.74, 6) is 0.406. The largest absolute Gasteiger partial charge is 0.478 e. The fourth-order valence-electron chi connectivity index (χ4n) is 3.42. The molecule has 6 nitrogen and oxygen atoms in total. The summed E-state index contributed by atoms with van der Waals surface area (Å²) in [6.07, 6.45) is 0.505. The molecule has 1 heterocycles. The predicted octanol–water partition coefficient (Wildman–Crippen LogP) is 4.85. The van der Waals surface area contributed by atoms with Crippen molar-refractivity contribution in [2.45, 2.75) is 32.8 Å². The van der Waals surface area contributed by atoms with Gasteiger partial charge in [0.15, 0.2) is 5.60 Å². The third-order valence-electron chi connectivity index (χ3n) is 5.22. The van der Waals surface area contributed by atoms with Gasteiger partial charge >= 0.3 is 0 Å². The van der Waals surface area contributed by atoms with Crippen molar-refractivity contribution in [1.82, 2.24) is 4.90 Å². The molecule has 2 amide bonds. The zero-order chi connectivity index (χ0) is 22.6. The van der Waals surface area contributed by atoms with Crippen LogP contribution in [0.1, 0.15) is 27.2 Å². The minimum absolute atomic E-state index is 0.158. The van der Waals surface area contributed by atoms with Gasteiger partial charge in [0, 0.05) is 42.6 Å². The van der Waals surface area contributed by atoms with Gasteiger partial charge in [-0.15, -0.1) is 0 Å². The fraction of sp³-hybridized carbons (Fsp3) is 0.391. The molecule has 0 aliphatic carbocycles. The van der Waals surface area contributed by atoms with Crippen molar-refractivity contribution < 1.29 is 14.3 Å². The van der Waals surface area contributed by atoms with Crippen LogP contribution in [0.4, 0.5) is 11.4 Å². The third kappa shape index (κ3) is 5.83. The second-order valence-corrected chi connectivity index (χ2v) is 8.78. The van der Waals surface area contributed by atoms with Crippen molar-refractivity contribution in [1.29, 1.82) is 0 Å². The van der Waals surface area contributed by atoms with Gasteiger partial charge in [-0.2, -0.15) is 0 Å². The molecule has 1 saturated heterocycles. The molecular weight excluding hydrogens is 437 g/mol. The predicted molar refractivity (Wildman–Crippen MR) is 125 cm³/mol. The van der Waals surface area contributed by atoms with Gasteiger partial charge in [-0.1, -0.05) is 30.1 Å². The summed E-state index contributed by atoms with van der Waals surface area (Å²) < 4.78 is 5.90. The molecule has 31 heavy (non-hydrogen) atoms. The van der Waals surface area contributed by atoms with E-state index in [4.69, 9.17) is 27.9 Å². The average Bonchev–Trinajstić information content (AvgIpc) is 2.75. The smallest absolute Gasteiger partial charge is 0.268 e. The van der Waals surface area contributed by atoms with Gasteiger partial charge in [-0.25, -0.2) is 0 Å². The summed E-state index contributed by atoms with van der Waals surface area (Å²) in [4.78, 5) is 29.0. The Morgan fingerprint density at radius 1 is 1.00 bits per heavy atom. The van der Waals surface area contributed by atoms with E-state index in [2.05, 4.69) is 10.2 Å². The summed E-state index contributed by atoms with van der Waals surface area (Å²) in [6.45, 7) is 7.94. The summed E-state index contributed by atoms with van der Waals surface area (Å²) >= 11 is 12.1. The molecule has 2 aromatic rings. The molecule has 0 spiro atoms. The van der Waals surface area contributed by atoms with Crippen LogP contribution >= 0.6 is 23.2 Å². The van der Waals surface area contributed by atoms with Crippen LogP contribution in [-0.4, -0.2) is 48.5 Å². The summed E-state index contributed by atoms with van der Waals surface area (Å²) in [5.41, 5.74) is 0.351. The van der Waals surface area contributed by atoms with Crippen LogP contribution in [0, 0.1) is 0 Å². The van der Waals surface area contributed by atoms with E-state index >= 15 is 0 Å². The monoisotopic (exact) mass is 463 g/mol. The quantitative estimate of drug-likeness (QED) is 0.664. The van der Waals surface area contributed by atoms with Gasteiger partial charge in [-0.05, 0) is 56.3 Å². The standard InChI is InChI=1S/C23H27Cl2N3O3/c1-4-21(29)28-13-11-27(12-14-28)20-10-7-17(25)15-19(20)26-22(30)23(2,3)31-18-8-5-16(24)6-9-18/h5-10,15H,4,11-14H2,1-3H3,(H,26,30). The molecule has 0 radical (unpaired) electrons. The molecule has 0 unspecified atom stereocenters. The van der Waals surface area contributed by atoms with Gasteiger partial charge in [0.25, 0.3) is 5.91 Å². The Kier molecular flexibility index (Phi) is 7.34. The maximum atomic E-state index is 13.1.